The summed E-state index contributed by atoms with van der Waals surface area (Å²) in [5.41, 5.74) is 9.07. The average molecular weight is 370 g/mol. The first kappa shape index (κ1) is 19.8. The molecule has 2 aromatic rings. The molecule has 0 saturated carbocycles. The van der Waals surface area contributed by atoms with E-state index in [4.69, 9.17) is 15.2 Å². The number of nitrogens with one attached hydrogen (secondary N) is 2. The van der Waals surface area contributed by atoms with Gasteiger partial charge in [-0.05, 0) is 42.8 Å². The smallest absolute Gasteiger partial charge is 0.259 e. The molecule has 0 atom stereocenters. The molecule has 4 N–H and O–H groups in total. The summed E-state index contributed by atoms with van der Waals surface area (Å²) in [5, 5.41) is 6.91. The number of benzene rings is 2. The number of ether oxygens (including phenoxy) is 2. The zero-order valence-electron chi connectivity index (χ0n) is 15.0. The zero-order valence-corrected chi connectivity index (χ0v) is 15.0. The summed E-state index contributed by atoms with van der Waals surface area (Å²) < 4.78 is 10.8. The molecule has 2 amide bonds. The van der Waals surface area contributed by atoms with Crippen molar-refractivity contribution in [3.63, 3.8) is 0 Å². The summed E-state index contributed by atoms with van der Waals surface area (Å²) >= 11 is 0. The second kappa shape index (κ2) is 10.4. The Kier molecular flexibility index (Phi) is 7.65. The third-order valence-corrected chi connectivity index (χ3v) is 3.27. The number of hydrogen-bond acceptors (Lipinski definition) is 6. The first-order chi connectivity index (χ1) is 13.1. The van der Waals surface area contributed by atoms with Gasteiger partial charge in [0.15, 0.2) is 18.1 Å². The zero-order chi connectivity index (χ0) is 19.5. The van der Waals surface area contributed by atoms with Crippen LogP contribution in [0.4, 0.5) is 5.69 Å². The van der Waals surface area contributed by atoms with Crippen LogP contribution in [-0.4, -0.2) is 37.8 Å². The van der Waals surface area contributed by atoms with Crippen molar-refractivity contribution in [2.75, 3.05) is 25.1 Å². The van der Waals surface area contributed by atoms with Crippen LogP contribution in [0, 0.1) is 0 Å². The van der Waals surface area contributed by atoms with E-state index in [2.05, 4.69) is 15.8 Å². The minimum Gasteiger partial charge on any atom is -0.490 e. The lowest BCUT2D eigenvalue weighted by atomic mass is 10.2. The van der Waals surface area contributed by atoms with Crippen molar-refractivity contribution in [1.82, 2.24) is 5.43 Å². The third kappa shape index (κ3) is 7.07. The predicted molar refractivity (Wildman–Crippen MR) is 103 cm³/mol. The Morgan fingerprint density at radius 2 is 1.89 bits per heavy atom. The fourth-order valence-electron chi connectivity index (χ4n) is 2.10. The normalized spacial score (nSPS) is 10.4. The number of hydrogen-bond donors (Lipinski definition) is 3. The molecule has 0 aliphatic rings. The highest BCUT2D eigenvalue weighted by atomic mass is 16.5. The summed E-state index contributed by atoms with van der Waals surface area (Å²) in [6.07, 6.45) is 1.49. The summed E-state index contributed by atoms with van der Waals surface area (Å²) in [6, 6.07) is 14.5. The molecule has 0 fully saturated rings. The maximum atomic E-state index is 11.8. The Morgan fingerprint density at radius 3 is 2.59 bits per heavy atom. The van der Waals surface area contributed by atoms with Gasteiger partial charge in [-0.25, -0.2) is 5.43 Å². The van der Waals surface area contributed by atoms with E-state index in [1.54, 1.807) is 18.2 Å². The summed E-state index contributed by atoms with van der Waals surface area (Å²) in [6.45, 7) is 2.12. The van der Waals surface area contributed by atoms with Crippen LogP contribution >= 0.6 is 0 Å². The lowest BCUT2D eigenvalue weighted by Gasteiger charge is -2.11. The van der Waals surface area contributed by atoms with Crippen LogP contribution in [0.5, 0.6) is 11.5 Å². The van der Waals surface area contributed by atoms with E-state index >= 15 is 0 Å². The molecular formula is C19H22N4O4. The Balaban J connectivity index is 1.90. The van der Waals surface area contributed by atoms with E-state index < -0.39 is 5.91 Å². The molecule has 2 aromatic carbocycles. The first-order valence-electron chi connectivity index (χ1n) is 8.37. The highest BCUT2D eigenvalue weighted by Crippen LogP contribution is 2.27. The Labute approximate surface area is 157 Å². The fraction of sp³-hybridized carbons (Fsp3) is 0.211. The molecular weight excluding hydrogens is 348 g/mol. The van der Waals surface area contributed by atoms with Crippen LogP contribution in [-0.2, 0) is 9.59 Å². The van der Waals surface area contributed by atoms with Crippen molar-refractivity contribution in [2.45, 2.75) is 6.92 Å². The number of rotatable bonds is 10. The van der Waals surface area contributed by atoms with Gasteiger partial charge < -0.3 is 20.5 Å². The molecule has 8 heteroatoms. The lowest BCUT2D eigenvalue weighted by Crippen LogP contribution is -2.25. The van der Waals surface area contributed by atoms with Crippen molar-refractivity contribution in [3.8, 4) is 11.5 Å². The van der Waals surface area contributed by atoms with Crippen LogP contribution in [0.25, 0.3) is 0 Å². The van der Waals surface area contributed by atoms with Gasteiger partial charge in [0, 0.05) is 5.69 Å². The molecule has 0 saturated heterocycles. The fourth-order valence-corrected chi connectivity index (χ4v) is 2.10. The molecule has 0 unspecified atom stereocenters. The van der Waals surface area contributed by atoms with Gasteiger partial charge >= 0.3 is 0 Å². The summed E-state index contributed by atoms with van der Waals surface area (Å²) in [5.74, 6) is 0.0140. The molecule has 0 aliphatic heterocycles. The molecule has 142 valence electrons. The third-order valence-electron chi connectivity index (χ3n) is 3.27. The molecule has 0 heterocycles. The number of primary amides is 1. The molecule has 27 heavy (non-hydrogen) atoms. The monoisotopic (exact) mass is 370 g/mol. The quantitative estimate of drug-likeness (QED) is 0.433. The van der Waals surface area contributed by atoms with Crippen molar-refractivity contribution in [2.24, 2.45) is 10.8 Å². The van der Waals surface area contributed by atoms with Crippen molar-refractivity contribution < 1.29 is 19.1 Å². The van der Waals surface area contributed by atoms with Gasteiger partial charge in [-0.2, -0.15) is 5.10 Å². The van der Waals surface area contributed by atoms with Gasteiger partial charge in [-0.3, -0.25) is 9.59 Å². The van der Waals surface area contributed by atoms with Gasteiger partial charge in [0.2, 0.25) is 0 Å². The number of carbonyl (C=O) groups is 2. The number of para-hydroxylation sites is 1. The van der Waals surface area contributed by atoms with Gasteiger partial charge in [0.1, 0.15) is 0 Å². The Bertz CT molecular complexity index is 794. The van der Waals surface area contributed by atoms with Gasteiger partial charge in [0.05, 0.1) is 19.4 Å². The van der Waals surface area contributed by atoms with Crippen LogP contribution < -0.4 is 25.9 Å². The van der Waals surface area contributed by atoms with Crippen LogP contribution in [0.2, 0.25) is 0 Å². The van der Waals surface area contributed by atoms with Crippen molar-refractivity contribution >= 4 is 23.7 Å². The second-order valence-corrected chi connectivity index (χ2v) is 5.41. The van der Waals surface area contributed by atoms with Gasteiger partial charge in [0.25, 0.3) is 11.8 Å². The number of hydrazone groups is 1. The molecule has 0 bridgehead atoms. The Hall–Kier alpha value is -3.55. The molecule has 0 aliphatic carbocycles. The highest BCUT2D eigenvalue weighted by molar-refractivity contribution is 5.85. The van der Waals surface area contributed by atoms with E-state index in [9.17, 15) is 9.59 Å². The summed E-state index contributed by atoms with van der Waals surface area (Å²) in [7, 11) is 0. The molecule has 0 aromatic heterocycles. The number of amides is 2. The average Bonchev–Trinajstić information content (AvgIpc) is 2.67. The van der Waals surface area contributed by atoms with E-state index in [-0.39, 0.29) is 19.1 Å². The maximum absolute atomic E-state index is 11.8. The van der Waals surface area contributed by atoms with E-state index in [0.717, 1.165) is 5.69 Å². The van der Waals surface area contributed by atoms with Crippen LogP contribution in [0.15, 0.2) is 53.6 Å². The Morgan fingerprint density at radius 1 is 1.11 bits per heavy atom. The van der Waals surface area contributed by atoms with Gasteiger partial charge in [-0.1, -0.05) is 18.2 Å². The maximum Gasteiger partial charge on any atom is 0.259 e. The second-order valence-electron chi connectivity index (χ2n) is 5.41. The van der Waals surface area contributed by atoms with Crippen molar-refractivity contribution in [1.29, 1.82) is 0 Å². The van der Waals surface area contributed by atoms with E-state index in [1.165, 1.54) is 6.21 Å². The number of carbonyl (C=O) groups excluding carboxylic acids is 2. The van der Waals surface area contributed by atoms with Crippen molar-refractivity contribution in [3.05, 3.63) is 54.1 Å². The van der Waals surface area contributed by atoms with Gasteiger partial charge in [-0.15, -0.1) is 0 Å². The molecule has 0 spiro atoms. The lowest BCUT2D eigenvalue weighted by molar-refractivity contribution is -0.120. The SMILES string of the molecule is CCOc1cc(C=NNC(=O)CNc2ccccc2)ccc1OCC(N)=O. The van der Waals surface area contributed by atoms with Crippen LogP contribution in [0.3, 0.4) is 0 Å². The largest absolute Gasteiger partial charge is 0.490 e. The number of nitrogens with two attached hydrogens (primary N) is 1. The highest BCUT2D eigenvalue weighted by Gasteiger charge is 2.07. The minimum atomic E-state index is -0.574. The standard InChI is InChI=1S/C19H22N4O4/c1-2-26-17-10-14(8-9-16(17)27-13-18(20)24)11-22-23-19(25)12-21-15-6-4-3-5-7-15/h3-11,21H,2,12-13H2,1H3,(H2,20,24)(H,23,25). The number of nitrogens with zero attached hydrogens (tertiary/aromatic N) is 1. The first-order valence-corrected chi connectivity index (χ1v) is 8.37. The van der Waals surface area contributed by atoms with E-state index in [0.29, 0.717) is 23.7 Å². The predicted octanol–water partition coefficient (Wildman–Crippen LogP) is 1.51. The number of anilines is 1. The molecule has 2 rings (SSSR count). The molecule has 8 nitrogen and oxygen atoms in total. The van der Waals surface area contributed by atoms with E-state index in [1.807, 2.05) is 37.3 Å². The molecule has 0 radical (unpaired) electrons. The summed E-state index contributed by atoms with van der Waals surface area (Å²) in [4.78, 5) is 22.7. The topological polar surface area (TPSA) is 115 Å². The minimum absolute atomic E-state index is 0.103. The van der Waals surface area contributed by atoms with Crippen LogP contribution in [0.1, 0.15) is 12.5 Å².